The van der Waals surface area contributed by atoms with Gasteiger partial charge in [0.2, 0.25) is 23.6 Å². The Bertz CT molecular complexity index is 1060. The minimum atomic E-state index is -1.29. The van der Waals surface area contributed by atoms with E-state index >= 15 is 0 Å². The molecule has 0 unspecified atom stereocenters. The Labute approximate surface area is 240 Å². The molecule has 0 spiro atoms. The van der Waals surface area contributed by atoms with Gasteiger partial charge >= 0.3 is 11.9 Å². The van der Waals surface area contributed by atoms with Crippen molar-refractivity contribution in [2.24, 2.45) is 17.6 Å². The molecule has 0 fully saturated rings. The number of rotatable bonds is 17. The molecule has 0 heterocycles. The van der Waals surface area contributed by atoms with Crippen LogP contribution in [0.4, 0.5) is 0 Å². The number of carbonyl (C=O) groups is 6. The van der Waals surface area contributed by atoms with Gasteiger partial charge in [-0.05, 0) is 37.2 Å². The predicted molar refractivity (Wildman–Crippen MR) is 150 cm³/mol. The van der Waals surface area contributed by atoms with Gasteiger partial charge in [0, 0.05) is 6.42 Å². The topological polar surface area (TPSA) is 217 Å². The minimum absolute atomic E-state index is 0.191. The van der Waals surface area contributed by atoms with Crippen LogP contribution in [0, 0.1) is 11.8 Å². The molecule has 1 rings (SSSR count). The Kier molecular flexibility index (Phi) is 14.5. The molecule has 0 aliphatic heterocycles. The third-order valence-corrected chi connectivity index (χ3v) is 6.68. The van der Waals surface area contributed by atoms with E-state index in [0.29, 0.717) is 6.42 Å². The van der Waals surface area contributed by atoms with Crippen LogP contribution in [0.25, 0.3) is 0 Å². The average Bonchev–Trinajstić information content (AvgIpc) is 2.91. The number of nitrogens with one attached hydrogen (secondary N) is 4. The highest BCUT2D eigenvalue weighted by molar-refractivity contribution is 5.95. The van der Waals surface area contributed by atoms with Gasteiger partial charge in [-0.3, -0.25) is 28.8 Å². The van der Waals surface area contributed by atoms with E-state index in [-0.39, 0.29) is 18.8 Å². The van der Waals surface area contributed by atoms with E-state index in [1.54, 1.807) is 52.0 Å². The zero-order valence-electron chi connectivity index (χ0n) is 24.2. The van der Waals surface area contributed by atoms with Gasteiger partial charge in [0.15, 0.2) is 0 Å². The lowest BCUT2D eigenvalue weighted by atomic mass is 9.96. The van der Waals surface area contributed by atoms with E-state index < -0.39 is 78.1 Å². The first kappa shape index (κ1) is 35.0. The van der Waals surface area contributed by atoms with Crippen molar-refractivity contribution < 1.29 is 39.0 Å². The van der Waals surface area contributed by atoms with Gasteiger partial charge in [-0.1, -0.05) is 64.4 Å². The second-order valence-corrected chi connectivity index (χ2v) is 10.5. The lowest BCUT2D eigenvalue weighted by Gasteiger charge is -2.29. The summed E-state index contributed by atoms with van der Waals surface area (Å²) in [5, 5.41) is 28.3. The molecule has 4 amide bonds. The van der Waals surface area contributed by atoms with Crippen molar-refractivity contribution in [3.8, 4) is 0 Å². The Balaban J connectivity index is 3.06. The normalized spacial score (nSPS) is 15.4. The van der Waals surface area contributed by atoms with Crippen molar-refractivity contribution in [3.05, 3.63) is 35.9 Å². The number of hydrogen-bond acceptors (Lipinski definition) is 7. The number of aliphatic carboxylic acids is 2. The summed E-state index contributed by atoms with van der Waals surface area (Å²) in [5.41, 5.74) is 6.83. The van der Waals surface area contributed by atoms with Crippen molar-refractivity contribution >= 4 is 35.6 Å². The molecule has 13 nitrogen and oxygen atoms in total. The van der Waals surface area contributed by atoms with Crippen LogP contribution >= 0.6 is 0 Å². The van der Waals surface area contributed by atoms with E-state index in [4.69, 9.17) is 15.9 Å². The molecule has 8 N–H and O–H groups in total. The molecule has 0 saturated heterocycles. The van der Waals surface area contributed by atoms with E-state index in [1.807, 2.05) is 6.07 Å². The molecule has 13 heteroatoms. The summed E-state index contributed by atoms with van der Waals surface area (Å²) in [4.78, 5) is 74.5. The summed E-state index contributed by atoms with van der Waals surface area (Å²) in [7, 11) is 0. The highest BCUT2D eigenvalue weighted by Gasteiger charge is 2.34. The second kappa shape index (κ2) is 17.0. The van der Waals surface area contributed by atoms with Gasteiger partial charge in [0.1, 0.15) is 24.2 Å². The fourth-order valence-corrected chi connectivity index (χ4v) is 3.87. The summed E-state index contributed by atoms with van der Waals surface area (Å²) in [6.45, 7) is 8.14. The van der Waals surface area contributed by atoms with Gasteiger partial charge in [-0.25, -0.2) is 0 Å². The van der Waals surface area contributed by atoms with E-state index in [1.165, 1.54) is 6.92 Å². The monoisotopic (exact) mass is 577 g/mol. The largest absolute Gasteiger partial charge is 0.481 e. The maximum atomic E-state index is 13.3. The molecule has 0 aromatic heterocycles. The molecule has 41 heavy (non-hydrogen) atoms. The van der Waals surface area contributed by atoms with Gasteiger partial charge in [-0.2, -0.15) is 0 Å². The molecule has 0 radical (unpaired) electrons. The summed E-state index contributed by atoms with van der Waals surface area (Å²) in [6, 6.07) is 3.28. The number of carboxylic acid groups (broad SMARTS) is 2. The third-order valence-electron chi connectivity index (χ3n) is 6.68. The Morgan fingerprint density at radius 1 is 0.780 bits per heavy atom. The van der Waals surface area contributed by atoms with Crippen LogP contribution in [0.3, 0.4) is 0 Å². The van der Waals surface area contributed by atoms with Gasteiger partial charge < -0.3 is 37.2 Å². The molecule has 0 aliphatic rings. The van der Waals surface area contributed by atoms with Crippen molar-refractivity contribution in [2.45, 2.75) is 90.5 Å². The number of hydrogen-bond donors (Lipinski definition) is 7. The molecule has 0 aliphatic carbocycles. The first-order chi connectivity index (χ1) is 19.2. The minimum Gasteiger partial charge on any atom is -0.481 e. The standard InChI is InChI=1S/C28H43N5O8/c1-6-16(4)23(27(39)30-17(5)28(40)41)33-26(38)22(15(2)3)32-25(37)20(12-13-21(34)35)31-24(36)19(29)14-18-10-8-7-9-11-18/h7-11,15-17,19-20,22-23H,6,12-14,29H2,1-5H3,(H,30,39)(H,31,36)(H,32,37)(H,33,38)(H,34,35)(H,40,41)/t16-,17-,19-,20-,22-,23+/m0/s1. The fourth-order valence-electron chi connectivity index (χ4n) is 3.87. The molecule has 1 aromatic rings. The maximum absolute atomic E-state index is 13.3. The third kappa shape index (κ3) is 12.0. The van der Waals surface area contributed by atoms with Crippen LogP contribution in [0.15, 0.2) is 30.3 Å². The van der Waals surface area contributed by atoms with Crippen LogP contribution in [0.5, 0.6) is 0 Å². The first-order valence-electron chi connectivity index (χ1n) is 13.6. The molecular weight excluding hydrogens is 534 g/mol. The smallest absolute Gasteiger partial charge is 0.325 e. The number of carboxylic acids is 2. The van der Waals surface area contributed by atoms with Crippen molar-refractivity contribution in [1.82, 2.24) is 21.3 Å². The molecule has 228 valence electrons. The Morgan fingerprint density at radius 3 is 1.85 bits per heavy atom. The lowest BCUT2D eigenvalue weighted by Crippen LogP contribution is -2.60. The first-order valence-corrected chi connectivity index (χ1v) is 13.6. The summed E-state index contributed by atoms with van der Waals surface area (Å²) in [5.74, 6) is -6.07. The number of carbonyl (C=O) groups excluding carboxylic acids is 4. The summed E-state index contributed by atoms with van der Waals surface area (Å²) in [6.07, 6.45) is 0.00676. The van der Waals surface area contributed by atoms with Crippen LogP contribution in [0.1, 0.15) is 59.4 Å². The van der Waals surface area contributed by atoms with Crippen LogP contribution in [-0.4, -0.2) is 76.0 Å². The Morgan fingerprint density at radius 2 is 1.34 bits per heavy atom. The van der Waals surface area contributed by atoms with Gasteiger partial charge in [0.05, 0.1) is 6.04 Å². The van der Waals surface area contributed by atoms with Crippen LogP contribution in [-0.2, 0) is 35.2 Å². The van der Waals surface area contributed by atoms with Gasteiger partial charge in [-0.15, -0.1) is 0 Å². The quantitative estimate of drug-likeness (QED) is 0.134. The number of amides is 4. The molecule has 6 atom stereocenters. The van der Waals surface area contributed by atoms with E-state index in [2.05, 4.69) is 21.3 Å². The zero-order chi connectivity index (χ0) is 31.3. The van der Waals surface area contributed by atoms with Gasteiger partial charge in [0.25, 0.3) is 0 Å². The molecule has 0 saturated carbocycles. The van der Waals surface area contributed by atoms with Crippen LogP contribution < -0.4 is 27.0 Å². The van der Waals surface area contributed by atoms with Crippen molar-refractivity contribution in [1.29, 1.82) is 0 Å². The fraction of sp³-hybridized carbons (Fsp3) is 0.571. The Hall–Kier alpha value is -4.00. The highest BCUT2D eigenvalue weighted by atomic mass is 16.4. The lowest BCUT2D eigenvalue weighted by molar-refractivity contribution is -0.142. The summed E-state index contributed by atoms with van der Waals surface area (Å²) >= 11 is 0. The second-order valence-electron chi connectivity index (χ2n) is 10.5. The van der Waals surface area contributed by atoms with E-state index in [0.717, 1.165) is 5.56 Å². The molecule has 0 bridgehead atoms. The zero-order valence-corrected chi connectivity index (χ0v) is 24.2. The number of benzene rings is 1. The SMILES string of the molecule is CC[C@H](C)[C@@H](NC(=O)[C@@H](NC(=O)[C@H](CCC(=O)O)NC(=O)[C@@H](N)Cc1ccccc1)C(C)C)C(=O)N[C@@H](C)C(=O)O. The summed E-state index contributed by atoms with van der Waals surface area (Å²) < 4.78 is 0. The molecule has 1 aromatic carbocycles. The average molecular weight is 578 g/mol. The van der Waals surface area contributed by atoms with Crippen molar-refractivity contribution in [2.75, 3.05) is 0 Å². The maximum Gasteiger partial charge on any atom is 0.325 e. The highest BCUT2D eigenvalue weighted by Crippen LogP contribution is 2.12. The number of nitrogens with two attached hydrogens (primary N) is 1. The molecular formula is C28H43N5O8. The predicted octanol–water partition coefficient (Wildman–Crippen LogP) is 0.167. The van der Waals surface area contributed by atoms with Crippen molar-refractivity contribution in [3.63, 3.8) is 0 Å². The van der Waals surface area contributed by atoms with E-state index in [9.17, 15) is 28.8 Å². The van der Waals surface area contributed by atoms with Crippen LogP contribution in [0.2, 0.25) is 0 Å².